The zero-order chi connectivity index (χ0) is 17.3. The van der Waals surface area contributed by atoms with Crippen molar-refractivity contribution in [3.8, 4) is 10.7 Å². The maximum atomic E-state index is 12.5. The molecule has 4 rings (SSSR count). The van der Waals surface area contributed by atoms with Crippen LogP contribution in [0.1, 0.15) is 18.4 Å². The van der Waals surface area contributed by atoms with Crippen LogP contribution in [0.3, 0.4) is 0 Å². The minimum atomic E-state index is -0.0440. The van der Waals surface area contributed by atoms with Gasteiger partial charge in [0.15, 0.2) is 10.6 Å². The van der Waals surface area contributed by atoms with Crippen molar-refractivity contribution in [3.63, 3.8) is 0 Å². The molecule has 1 saturated carbocycles. The summed E-state index contributed by atoms with van der Waals surface area (Å²) in [5, 5.41) is 12.1. The molecule has 1 fully saturated rings. The molecule has 0 spiro atoms. The summed E-state index contributed by atoms with van der Waals surface area (Å²) in [4.78, 5) is 13.5. The molecule has 1 aromatic carbocycles. The SMILES string of the molecule is O=C(Cn1c(-c2cccs2)n[nH]c1=S)NCC1(c2ccccc2)CC1. The van der Waals surface area contributed by atoms with Crippen LogP contribution in [0.25, 0.3) is 10.7 Å². The molecule has 2 aromatic heterocycles. The Hall–Kier alpha value is -2.25. The molecule has 0 aliphatic heterocycles. The summed E-state index contributed by atoms with van der Waals surface area (Å²) in [7, 11) is 0. The van der Waals surface area contributed by atoms with Crippen molar-refractivity contribution < 1.29 is 4.79 Å². The Bertz CT molecular complexity index is 924. The number of aromatic amines is 1. The maximum absolute atomic E-state index is 12.5. The Morgan fingerprint density at radius 2 is 2.08 bits per heavy atom. The Labute approximate surface area is 154 Å². The summed E-state index contributed by atoms with van der Waals surface area (Å²) in [5.74, 6) is 0.664. The monoisotopic (exact) mass is 370 g/mol. The normalized spacial score (nSPS) is 15.0. The first-order valence-corrected chi connectivity index (χ1v) is 9.48. The number of nitrogens with zero attached hydrogens (tertiary/aromatic N) is 2. The van der Waals surface area contributed by atoms with Gasteiger partial charge in [-0.3, -0.25) is 14.5 Å². The van der Waals surface area contributed by atoms with Gasteiger partial charge in [-0.1, -0.05) is 36.4 Å². The van der Waals surface area contributed by atoms with E-state index < -0.39 is 0 Å². The highest BCUT2D eigenvalue weighted by atomic mass is 32.1. The van der Waals surface area contributed by atoms with Crippen LogP contribution in [0.4, 0.5) is 0 Å². The van der Waals surface area contributed by atoms with Crippen molar-refractivity contribution in [1.82, 2.24) is 20.1 Å². The van der Waals surface area contributed by atoms with Gasteiger partial charge >= 0.3 is 0 Å². The molecule has 1 aliphatic rings. The van der Waals surface area contributed by atoms with E-state index in [1.165, 1.54) is 5.56 Å². The molecule has 0 bridgehead atoms. The topological polar surface area (TPSA) is 62.7 Å². The first-order chi connectivity index (χ1) is 12.2. The Balaban J connectivity index is 1.44. The molecule has 3 aromatic rings. The van der Waals surface area contributed by atoms with E-state index in [0.29, 0.717) is 17.1 Å². The van der Waals surface area contributed by atoms with Gasteiger partial charge in [0.05, 0.1) is 4.88 Å². The van der Waals surface area contributed by atoms with Crippen LogP contribution in [0.15, 0.2) is 47.8 Å². The molecule has 128 valence electrons. The van der Waals surface area contributed by atoms with Gasteiger partial charge in [0, 0.05) is 12.0 Å². The number of H-pyrrole nitrogens is 1. The molecule has 1 amide bonds. The number of carbonyl (C=O) groups excluding carboxylic acids is 1. The second kappa shape index (κ2) is 6.57. The van der Waals surface area contributed by atoms with Gasteiger partial charge in [-0.05, 0) is 42.1 Å². The van der Waals surface area contributed by atoms with Gasteiger partial charge in [-0.25, -0.2) is 0 Å². The molecule has 0 atom stereocenters. The van der Waals surface area contributed by atoms with E-state index in [4.69, 9.17) is 12.2 Å². The summed E-state index contributed by atoms with van der Waals surface area (Å²) < 4.78 is 2.21. The largest absolute Gasteiger partial charge is 0.354 e. The van der Waals surface area contributed by atoms with E-state index in [1.54, 1.807) is 15.9 Å². The minimum Gasteiger partial charge on any atom is -0.354 e. The van der Waals surface area contributed by atoms with Gasteiger partial charge in [-0.15, -0.1) is 11.3 Å². The number of carbonyl (C=O) groups is 1. The van der Waals surface area contributed by atoms with Gasteiger partial charge in [0.25, 0.3) is 0 Å². The van der Waals surface area contributed by atoms with Gasteiger partial charge in [0.2, 0.25) is 5.91 Å². The standard InChI is InChI=1S/C18H18N4OS2/c23-15(19-12-18(8-9-18)13-5-2-1-3-6-13)11-22-16(20-21-17(22)24)14-7-4-10-25-14/h1-7,10H,8-9,11-12H2,(H,19,23)(H,21,24). The first kappa shape index (κ1) is 16.2. The molecule has 1 aliphatic carbocycles. The summed E-state index contributed by atoms with van der Waals surface area (Å²) >= 11 is 6.86. The second-order valence-electron chi connectivity index (χ2n) is 6.34. The lowest BCUT2D eigenvalue weighted by atomic mass is 9.96. The predicted molar refractivity (Wildman–Crippen MR) is 101 cm³/mol. The highest BCUT2D eigenvalue weighted by Crippen LogP contribution is 2.47. The minimum absolute atomic E-state index is 0.0440. The van der Waals surface area contributed by atoms with E-state index in [-0.39, 0.29) is 17.9 Å². The highest BCUT2D eigenvalue weighted by Gasteiger charge is 2.44. The number of amides is 1. The fourth-order valence-corrected chi connectivity index (χ4v) is 3.95. The third-order valence-electron chi connectivity index (χ3n) is 4.67. The molecular weight excluding hydrogens is 352 g/mol. The predicted octanol–water partition coefficient (Wildman–Crippen LogP) is 3.52. The zero-order valence-corrected chi connectivity index (χ0v) is 15.2. The lowest BCUT2D eigenvalue weighted by Gasteiger charge is -2.17. The van der Waals surface area contributed by atoms with Crippen molar-refractivity contribution in [2.24, 2.45) is 0 Å². The fourth-order valence-electron chi connectivity index (χ4n) is 3.04. The zero-order valence-electron chi connectivity index (χ0n) is 13.6. The highest BCUT2D eigenvalue weighted by molar-refractivity contribution is 7.71. The fraction of sp³-hybridized carbons (Fsp3) is 0.278. The summed E-state index contributed by atoms with van der Waals surface area (Å²) in [6.07, 6.45) is 2.23. The van der Waals surface area contributed by atoms with E-state index in [2.05, 4.69) is 39.8 Å². The lowest BCUT2D eigenvalue weighted by molar-refractivity contribution is -0.121. The summed E-state index contributed by atoms with van der Waals surface area (Å²) in [5.41, 5.74) is 1.40. The van der Waals surface area contributed by atoms with Crippen LogP contribution in [0, 0.1) is 4.77 Å². The van der Waals surface area contributed by atoms with Crippen LogP contribution in [-0.4, -0.2) is 27.2 Å². The Morgan fingerprint density at radius 1 is 1.28 bits per heavy atom. The molecule has 25 heavy (non-hydrogen) atoms. The number of hydrogen-bond donors (Lipinski definition) is 2. The molecule has 0 unspecified atom stereocenters. The third-order valence-corrected chi connectivity index (χ3v) is 5.84. The summed E-state index contributed by atoms with van der Waals surface area (Å²) in [6.45, 7) is 0.836. The number of aromatic nitrogens is 3. The van der Waals surface area contributed by atoms with Crippen LogP contribution < -0.4 is 5.32 Å². The van der Waals surface area contributed by atoms with E-state index in [1.807, 2.05) is 23.6 Å². The van der Waals surface area contributed by atoms with Crippen molar-refractivity contribution in [2.75, 3.05) is 6.54 Å². The number of benzene rings is 1. The first-order valence-electron chi connectivity index (χ1n) is 8.19. The van der Waals surface area contributed by atoms with Crippen LogP contribution in [0.5, 0.6) is 0 Å². The van der Waals surface area contributed by atoms with Gasteiger partial charge in [0.1, 0.15) is 6.54 Å². The quantitative estimate of drug-likeness (QED) is 0.653. The number of rotatable bonds is 6. The van der Waals surface area contributed by atoms with Crippen molar-refractivity contribution >= 4 is 29.5 Å². The molecular formula is C18H18N4OS2. The average molecular weight is 371 g/mol. The molecule has 5 nitrogen and oxygen atoms in total. The van der Waals surface area contributed by atoms with Crippen LogP contribution >= 0.6 is 23.6 Å². The van der Waals surface area contributed by atoms with E-state index >= 15 is 0 Å². The molecule has 2 N–H and O–H groups in total. The van der Waals surface area contributed by atoms with Gasteiger partial charge in [-0.2, -0.15) is 5.10 Å². The molecule has 7 heteroatoms. The van der Waals surface area contributed by atoms with E-state index in [0.717, 1.165) is 17.7 Å². The Kier molecular flexibility index (Phi) is 4.27. The second-order valence-corrected chi connectivity index (χ2v) is 7.67. The number of thiophene rings is 1. The number of hydrogen-bond acceptors (Lipinski definition) is 4. The Morgan fingerprint density at radius 3 is 2.76 bits per heavy atom. The third kappa shape index (κ3) is 3.29. The van der Waals surface area contributed by atoms with Crippen molar-refractivity contribution in [2.45, 2.75) is 24.8 Å². The molecule has 0 radical (unpaired) electrons. The maximum Gasteiger partial charge on any atom is 0.240 e. The van der Waals surface area contributed by atoms with Crippen LogP contribution in [0.2, 0.25) is 0 Å². The van der Waals surface area contributed by atoms with Crippen molar-refractivity contribution in [1.29, 1.82) is 0 Å². The van der Waals surface area contributed by atoms with Crippen molar-refractivity contribution in [3.05, 3.63) is 58.2 Å². The average Bonchev–Trinajstić information content (AvgIpc) is 3.07. The molecule has 2 heterocycles. The van der Waals surface area contributed by atoms with Crippen LogP contribution in [-0.2, 0) is 16.8 Å². The summed E-state index contributed by atoms with van der Waals surface area (Å²) in [6, 6.07) is 14.3. The lowest BCUT2D eigenvalue weighted by Crippen LogP contribution is -2.34. The molecule has 0 saturated heterocycles. The smallest absolute Gasteiger partial charge is 0.240 e. The van der Waals surface area contributed by atoms with E-state index in [9.17, 15) is 4.79 Å². The number of nitrogens with one attached hydrogen (secondary N) is 2. The van der Waals surface area contributed by atoms with Gasteiger partial charge < -0.3 is 5.32 Å².